The van der Waals surface area contributed by atoms with Crippen LogP contribution in [0.2, 0.25) is 0 Å². The number of carbonyl (C=O) groups excluding carboxylic acids is 1. The number of rotatable bonds is 8. The first kappa shape index (κ1) is 16.0. The van der Waals surface area contributed by atoms with E-state index in [-0.39, 0.29) is 5.91 Å². The molecule has 8 heteroatoms. The van der Waals surface area contributed by atoms with Crippen LogP contribution < -0.4 is 16.0 Å². The van der Waals surface area contributed by atoms with Gasteiger partial charge in [0.1, 0.15) is 10.7 Å². The maximum absolute atomic E-state index is 12.1. The maximum Gasteiger partial charge on any atom is 0.265 e. The summed E-state index contributed by atoms with van der Waals surface area (Å²) in [6, 6.07) is 0. The fourth-order valence-electron chi connectivity index (χ4n) is 2.09. The van der Waals surface area contributed by atoms with Crippen molar-refractivity contribution in [3.63, 3.8) is 0 Å². The smallest absolute Gasteiger partial charge is 0.265 e. The summed E-state index contributed by atoms with van der Waals surface area (Å²) in [7, 11) is 1.62. The lowest BCUT2D eigenvalue weighted by Crippen LogP contribution is -2.27. The molecule has 118 valence electrons. The first-order valence-corrected chi connectivity index (χ1v) is 7.90. The summed E-state index contributed by atoms with van der Waals surface area (Å²) in [6.07, 6.45) is 2.33. The summed E-state index contributed by atoms with van der Waals surface area (Å²) in [4.78, 5) is 19.0. The maximum atomic E-state index is 12.1. The molecule has 1 aromatic heterocycles. The number of carbonyl (C=O) groups is 1. The SMILES string of the molecule is COCCOCCNC(=O)c1sc(N2CCCC2)nc1N. The first-order chi connectivity index (χ1) is 10.2. The highest BCUT2D eigenvalue weighted by Gasteiger charge is 2.21. The Kier molecular flexibility index (Phi) is 6.21. The van der Waals surface area contributed by atoms with E-state index in [1.165, 1.54) is 24.2 Å². The van der Waals surface area contributed by atoms with E-state index in [1.54, 1.807) is 7.11 Å². The van der Waals surface area contributed by atoms with Gasteiger partial charge < -0.3 is 25.4 Å². The molecule has 0 radical (unpaired) electrons. The summed E-state index contributed by atoms with van der Waals surface area (Å²) in [5.41, 5.74) is 5.84. The van der Waals surface area contributed by atoms with Crippen LogP contribution in [0.3, 0.4) is 0 Å². The highest BCUT2D eigenvalue weighted by atomic mass is 32.1. The molecule has 1 fully saturated rings. The Hall–Kier alpha value is -1.38. The zero-order valence-corrected chi connectivity index (χ0v) is 13.1. The molecule has 1 amide bonds. The molecule has 0 aliphatic carbocycles. The third-order valence-electron chi connectivity index (χ3n) is 3.19. The molecule has 2 heterocycles. The Morgan fingerprint density at radius 1 is 1.38 bits per heavy atom. The summed E-state index contributed by atoms with van der Waals surface area (Å²) >= 11 is 1.35. The summed E-state index contributed by atoms with van der Waals surface area (Å²) in [5.74, 6) is 0.116. The van der Waals surface area contributed by atoms with Gasteiger partial charge in [-0.2, -0.15) is 0 Å². The van der Waals surface area contributed by atoms with Crippen LogP contribution in [0.15, 0.2) is 0 Å². The lowest BCUT2D eigenvalue weighted by molar-refractivity contribution is 0.0693. The molecule has 1 saturated heterocycles. The molecule has 0 bridgehead atoms. The normalized spacial score (nSPS) is 14.6. The van der Waals surface area contributed by atoms with Gasteiger partial charge in [0, 0.05) is 26.7 Å². The van der Waals surface area contributed by atoms with Crippen LogP contribution in [0.25, 0.3) is 0 Å². The van der Waals surface area contributed by atoms with E-state index in [4.69, 9.17) is 15.2 Å². The molecule has 0 atom stereocenters. The molecular weight excluding hydrogens is 292 g/mol. The number of ether oxygens (including phenoxy) is 2. The Morgan fingerprint density at radius 3 is 2.86 bits per heavy atom. The molecule has 1 aliphatic heterocycles. The van der Waals surface area contributed by atoms with Gasteiger partial charge in [-0.15, -0.1) is 0 Å². The van der Waals surface area contributed by atoms with Gasteiger partial charge in [0.05, 0.1) is 19.8 Å². The number of nitrogen functional groups attached to an aromatic ring is 1. The Balaban J connectivity index is 1.79. The molecule has 7 nitrogen and oxygen atoms in total. The second-order valence-corrected chi connectivity index (χ2v) is 5.74. The highest BCUT2D eigenvalue weighted by Crippen LogP contribution is 2.30. The number of thiazole rings is 1. The summed E-state index contributed by atoms with van der Waals surface area (Å²) < 4.78 is 10.2. The number of nitrogens with one attached hydrogen (secondary N) is 1. The van der Waals surface area contributed by atoms with Crippen molar-refractivity contribution >= 4 is 28.2 Å². The van der Waals surface area contributed by atoms with Crippen molar-refractivity contribution in [1.29, 1.82) is 0 Å². The van der Waals surface area contributed by atoms with Crippen molar-refractivity contribution in [1.82, 2.24) is 10.3 Å². The van der Waals surface area contributed by atoms with Gasteiger partial charge in [-0.1, -0.05) is 11.3 Å². The number of nitrogens with zero attached hydrogens (tertiary/aromatic N) is 2. The number of aromatic nitrogens is 1. The minimum Gasteiger partial charge on any atom is -0.382 e. The van der Waals surface area contributed by atoms with E-state index < -0.39 is 0 Å². The van der Waals surface area contributed by atoms with Gasteiger partial charge in [0.15, 0.2) is 5.13 Å². The monoisotopic (exact) mass is 314 g/mol. The molecular formula is C13H22N4O3S. The minimum atomic E-state index is -0.189. The zero-order valence-electron chi connectivity index (χ0n) is 12.3. The van der Waals surface area contributed by atoms with Crippen molar-refractivity contribution < 1.29 is 14.3 Å². The van der Waals surface area contributed by atoms with Gasteiger partial charge in [0.25, 0.3) is 5.91 Å². The number of nitrogens with two attached hydrogens (primary N) is 1. The van der Waals surface area contributed by atoms with Crippen LogP contribution in [0.4, 0.5) is 10.9 Å². The number of hydrogen-bond donors (Lipinski definition) is 2. The number of amides is 1. The molecule has 0 spiro atoms. The number of hydrogen-bond acceptors (Lipinski definition) is 7. The lowest BCUT2D eigenvalue weighted by atomic mass is 10.4. The lowest BCUT2D eigenvalue weighted by Gasteiger charge is -2.11. The van der Waals surface area contributed by atoms with Crippen molar-refractivity contribution in [2.45, 2.75) is 12.8 Å². The standard InChI is InChI=1S/C13H22N4O3S/c1-19-8-9-20-7-4-15-12(18)10-11(14)16-13(21-10)17-5-2-3-6-17/h2-9,14H2,1H3,(H,15,18). The quantitative estimate of drug-likeness (QED) is 0.687. The van der Waals surface area contributed by atoms with Crippen LogP contribution >= 0.6 is 11.3 Å². The van der Waals surface area contributed by atoms with E-state index >= 15 is 0 Å². The van der Waals surface area contributed by atoms with Gasteiger partial charge in [-0.25, -0.2) is 4.98 Å². The van der Waals surface area contributed by atoms with Crippen LogP contribution in [0, 0.1) is 0 Å². The molecule has 1 aliphatic rings. The third-order valence-corrected chi connectivity index (χ3v) is 4.32. The Labute approximate surface area is 128 Å². The van der Waals surface area contributed by atoms with Crippen molar-refractivity contribution in [3.05, 3.63) is 4.88 Å². The molecule has 2 rings (SSSR count). The predicted octanol–water partition coefficient (Wildman–Crippen LogP) is 0.718. The zero-order chi connectivity index (χ0) is 15.1. The average Bonchev–Trinajstić information content (AvgIpc) is 3.11. The van der Waals surface area contributed by atoms with E-state index in [2.05, 4.69) is 15.2 Å². The second kappa shape index (κ2) is 8.16. The van der Waals surface area contributed by atoms with Crippen molar-refractivity contribution in [2.75, 3.05) is 57.2 Å². The van der Waals surface area contributed by atoms with E-state index in [0.717, 1.165) is 18.2 Å². The molecule has 21 heavy (non-hydrogen) atoms. The molecule has 0 saturated carbocycles. The van der Waals surface area contributed by atoms with E-state index in [9.17, 15) is 4.79 Å². The number of methoxy groups -OCH3 is 1. The minimum absolute atomic E-state index is 0.189. The second-order valence-electron chi connectivity index (χ2n) is 4.77. The summed E-state index contributed by atoms with van der Waals surface area (Å²) in [6.45, 7) is 3.94. The van der Waals surface area contributed by atoms with E-state index in [0.29, 0.717) is 37.1 Å². The summed E-state index contributed by atoms with van der Waals surface area (Å²) in [5, 5.41) is 3.63. The van der Waals surface area contributed by atoms with Crippen molar-refractivity contribution in [3.8, 4) is 0 Å². The fraction of sp³-hybridized carbons (Fsp3) is 0.692. The predicted molar refractivity (Wildman–Crippen MR) is 83.0 cm³/mol. The topological polar surface area (TPSA) is 89.7 Å². The van der Waals surface area contributed by atoms with Crippen LogP contribution in [0.5, 0.6) is 0 Å². The van der Waals surface area contributed by atoms with Crippen molar-refractivity contribution in [2.24, 2.45) is 0 Å². The van der Waals surface area contributed by atoms with Gasteiger partial charge in [-0.3, -0.25) is 4.79 Å². The average molecular weight is 314 g/mol. The Bertz CT molecular complexity index is 460. The molecule has 1 aromatic rings. The van der Waals surface area contributed by atoms with Gasteiger partial charge >= 0.3 is 0 Å². The molecule has 0 aromatic carbocycles. The first-order valence-electron chi connectivity index (χ1n) is 7.08. The Morgan fingerprint density at radius 2 is 2.14 bits per heavy atom. The molecule has 0 unspecified atom stereocenters. The third kappa shape index (κ3) is 4.55. The highest BCUT2D eigenvalue weighted by molar-refractivity contribution is 7.18. The number of anilines is 2. The van der Waals surface area contributed by atoms with Crippen LogP contribution in [-0.4, -0.2) is 57.5 Å². The van der Waals surface area contributed by atoms with Gasteiger partial charge in [-0.05, 0) is 12.8 Å². The van der Waals surface area contributed by atoms with Crippen LogP contribution in [-0.2, 0) is 9.47 Å². The molecule has 3 N–H and O–H groups in total. The van der Waals surface area contributed by atoms with Crippen LogP contribution in [0.1, 0.15) is 22.5 Å². The fourth-order valence-corrected chi connectivity index (χ4v) is 3.04. The largest absolute Gasteiger partial charge is 0.382 e. The van der Waals surface area contributed by atoms with E-state index in [1.807, 2.05) is 0 Å². The van der Waals surface area contributed by atoms with Gasteiger partial charge in [0.2, 0.25) is 0 Å².